The van der Waals surface area contributed by atoms with E-state index in [1.807, 2.05) is 17.9 Å². The van der Waals surface area contributed by atoms with Gasteiger partial charge in [0.15, 0.2) is 5.76 Å². The van der Waals surface area contributed by atoms with Gasteiger partial charge in [0.2, 0.25) is 0 Å². The number of carbonyl (C=O) groups is 1. The van der Waals surface area contributed by atoms with Gasteiger partial charge < -0.3 is 13.9 Å². The Morgan fingerprint density at radius 2 is 2.10 bits per heavy atom. The summed E-state index contributed by atoms with van der Waals surface area (Å²) in [7, 11) is 0. The molecule has 6 heteroatoms. The van der Waals surface area contributed by atoms with Crippen molar-refractivity contribution < 1.29 is 13.8 Å². The van der Waals surface area contributed by atoms with Crippen LogP contribution >= 0.6 is 0 Å². The molecule has 0 aromatic carbocycles. The molecule has 0 bridgehead atoms. The van der Waals surface area contributed by atoms with Gasteiger partial charge >= 0.3 is 0 Å². The molecule has 20 heavy (non-hydrogen) atoms. The molecule has 3 rings (SSSR count). The van der Waals surface area contributed by atoms with E-state index in [1.165, 1.54) is 0 Å². The zero-order valence-electron chi connectivity index (χ0n) is 11.8. The number of aryl methyl sites for hydroxylation is 3. The molecule has 1 aliphatic heterocycles. The van der Waals surface area contributed by atoms with E-state index in [1.54, 1.807) is 13.8 Å². The zero-order chi connectivity index (χ0) is 14.3. The molecule has 0 radical (unpaired) electrons. The Morgan fingerprint density at radius 1 is 1.30 bits per heavy atom. The van der Waals surface area contributed by atoms with E-state index in [0.717, 1.165) is 24.3 Å². The van der Waals surface area contributed by atoms with E-state index in [4.69, 9.17) is 9.05 Å². The number of amides is 1. The van der Waals surface area contributed by atoms with Gasteiger partial charge in [0, 0.05) is 12.6 Å². The monoisotopic (exact) mass is 275 g/mol. The van der Waals surface area contributed by atoms with E-state index in [9.17, 15) is 4.79 Å². The summed E-state index contributed by atoms with van der Waals surface area (Å²) in [6.07, 6.45) is 1.85. The highest BCUT2D eigenvalue weighted by Crippen LogP contribution is 2.34. The van der Waals surface area contributed by atoms with Gasteiger partial charge in [-0.25, -0.2) is 0 Å². The van der Waals surface area contributed by atoms with Crippen LogP contribution in [0.15, 0.2) is 15.1 Å². The van der Waals surface area contributed by atoms with Crippen molar-refractivity contribution in [2.75, 3.05) is 6.54 Å². The van der Waals surface area contributed by atoms with Crippen LogP contribution in [-0.2, 0) is 0 Å². The van der Waals surface area contributed by atoms with Gasteiger partial charge in [-0.05, 0) is 33.6 Å². The van der Waals surface area contributed by atoms with Gasteiger partial charge in [-0.1, -0.05) is 10.3 Å². The molecular weight excluding hydrogens is 258 g/mol. The summed E-state index contributed by atoms with van der Waals surface area (Å²) in [5.74, 6) is 1.27. The quantitative estimate of drug-likeness (QED) is 0.842. The molecule has 0 aliphatic carbocycles. The first-order valence-electron chi connectivity index (χ1n) is 6.75. The molecule has 6 nitrogen and oxygen atoms in total. The summed E-state index contributed by atoms with van der Waals surface area (Å²) in [6, 6.07) is 1.85. The molecule has 0 spiro atoms. The molecule has 1 amide bonds. The van der Waals surface area contributed by atoms with Crippen LogP contribution < -0.4 is 0 Å². The Bertz CT molecular complexity index is 624. The van der Waals surface area contributed by atoms with Crippen molar-refractivity contribution in [3.05, 3.63) is 34.5 Å². The Labute approximate surface area is 116 Å². The summed E-state index contributed by atoms with van der Waals surface area (Å²) >= 11 is 0. The summed E-state index contributed by atoms with van der Waals surface area (Å²) in [5, 5.41) is 7.76. The Kier molecular flexibility index (Phi) is 3.08. The second kappa shape index (κ2) is 4.77. The third kappa shape index (κ3) is 2.01. The molecule has 0 N–H and O–H groups in total. The number of hydrogen-bond acceptors (Lipinski definition) is 5. The van der Waals surface area contributed by atoms with E-state index >= 15 is 0 Å². The highest BCUT2D eigenvalue weighted by molar-refractivity contribution is 5.96. The molecular formula is C14H17N3O3. The predicted octanol–water partition coefficient (Wildman–Crippen LogP) is 2.57. The van der Waals surface area contributed by atoms with Crippen LogP contribution in [0.25, 0.3) is 0 Å². The molecule has 0 saturated carbocycles. The highest BCUT2D eigenvalue weighted by atomic mass is 16.5. The van der Waals surface area contributed by atoms with Crippen molar-refractivity contribution in [2.24, 2.45) is 0 Å². The van der Waals surface area contributed by atoms with Crippen molar-refractivity contribution in [3.63, 3.8) is 0 Å². The fourth-order valence-electron chi connectivity index (χ4n) is 2.78. The van der Waals surface area contributed by atoms with Crippen LogP contribution in [0.3, 0.4) is 0 Å². The third-order valence-corrected chi connectivity index (χ3v) is 3.74. The first kappa shape index (κ1) is 12.9. The van der Waals surface area contributed by atoms with Crippen molar-refractivity contribution in [2.45, 2.75) is 39.7 Å². The number of likely N-dealkylation sites (tertiary alicyclic amines) is 1. The maximum absolute atomic E-state index is 12.7. The van der Waals surface area contributed by atoms with Crippen LogP contribution in [-0.4, -0.2) is 27.7 Å². The summed E-state index contributed by atoms with van der Waals surface area (Å²) < 4.78 is 10.4. The van der Waals surface area contributed by atoms with E-state index < -0.39 is 0 Å². The SMILES string of the molecule is Cc1cc(C2CCCN2C(=O)c2c(C)noc2C)on1. The largest absolute Gasteiger partial charge is 0.361 e. The van der Waals surface area contributed by atoms with Crippen LogP contribution in [0.2, 0.25) is 0 Å². The summed E-state index contributed by atoms with van der Waals surface area (Å²) in [6.45, 7) is 6.14. The molecule has 106 valence electrons. The van der Waals surface area contributed by atoms with E-state index in [2.05, 4.69) is 10.3 Å². The van der Waals surface area contributed by atoms with Gasteiger partial charge in [0.1, 0.15) is 11.3 Å². The van der Waals surface area contributed by atoms with Crippen molar-refractivity contribution in [3.8, 4) is 0 Å². The Balaban J connectivity index is 1.91. The molecule has 1 unspecified atom stereocenters. The fourth-order valence-corrected chi connectivity index (χ4v) is 2.78. The average Bonchev–Trinajstić information content (AvgIpc) is 3.09. The molecule has 2 aromatic heterocycles. The Hall–Kier alpha value is -2.11. The van der Waals surface area contributed by atoms with Crippen LogP contribution in [0.4, 0.5) is 0 Å². The zero-order valence-corrected chi connectivity index (χ0v) is 11.8. The smallest absolute Gasteiger partial charge is 0.259 e. The van der Waals surface area contributed by atoms with Gasteiger partial charge in [-0.15, -0.1) is 0 Å². The molecule has 3 heterocycles. The Morgan fingerprint density at radius 3 is 2.70 bits per heavy atom. The van der Waals surface area contributed by atoms with Crippen LogP contribution in [0.1, 0.15) is 52.1 Å². The number of carbonyl (C=O) groups excluding carboxylic acids is 1. The maximum Gasteiger partial charge on any atom is 0.259 e. The fraction of sp³-hybridized carbons (Fsp3) is 0.500. The van der Waals surface area contributed by atoms with Gasteiger partial charge in [-0.3, -0.25) is 4.79 Å². The minimum atomic E-state index is -0.0441. The first-order valence-corrected chi connectivity index (χ1v) is 6.75. The van der Waals surface area contributed by atoms with Crippen molar-refractivity contribution in [1.82, 2.24) is 15.2 Å². The average molecular weight is 275 g/mol. The van der Waals surface area contributed by atoms with Crippen LogP contribution in [0, 0.1) is 20.8 Å². The molecule has 1 fully saturated rings. The van der Waals surface area contributed by atoms with Gasteiger partial charge in [0.25, 0.3) is 5.91 Å². The second-order valence-corrected chi connectivity index (χ2v) is 5.23. The topological polar surface area (TPSA) is 72.4 Å². The van der Waals surface area contributed by atoms with Gasteiger partial charge in [0.05, 0.1) is 17.4 Å². The lowest BCUT2D eigenvalue weighted by Gasteiger charge is -2.22. The van der Waals surface area contributed by atoms with Crippen molar-refractivity contribution in [1.29, 1.82) is 0 Å². The lowest BCUT2D eigenvalue weighted by molar-refractivity contribution is 0.0712. The number of nitrogens with zero attached hydrogens (tertiary/aromatic N) is 3. The maximum atomic E-state index is 12.7. The lowest BCUT2D eigenvalue weighted by Crippen LogP contribution is -2.31. The second-order valence-electron chi connectivity index (χ2n) is 5.23. The van der Waals surface area contributed by atoms with E-state index in [0.29, 0.717) is 23.6 Å². The number of rotatable bonds is 2. The normalized spacial score (nSPS) is 18.8. The van der Waals surface area contributed by atoms with Crippen LogP contribution in [0.5, 0.6) is 0 Å². The summed E-state index contributed by atoms with van der Waals surface area (Å²) in [5.41, 5.74) is 2.02. The van der Waals surface area contributed by atoms with Gasteiger partial charge in [-0.2, -0.15) is 0 Å². The highest BCUT2D eigenvalue weighted by Gasteiger charge is 2.35. The standard InChI is InChI=1S/C14H17N3O3/c1-8-7-12(20-15-8)11-5-4-6-17(11)14(18)13-9(2)16-19-10(13)3/h7,11H,4-6H2,1-3H3. The molecule has 1 saturated heterocycles. The third-order valence-electron chi connectivity index (χ3n) is 3.74. The molecule has 1 aliphatic rings. The minimum Gasteiger partial charge on any atom is -0.361 e. The number of hydrogen-bond donors (Lipinski definition) is 0. The summed E-state index contributed by atoms with van der Waals surface area (Å²) in [4.78, 5) is 14.5. The molecule has 2 aromatic rings. The van der Waals surface area contributed by atoms with E-state index in [-0.39, 0.29) is 11.9 Å². The minimum absolute atomic E-state index is 0.0437. The lowest BCUT2D eigenvalue weighted by atomic mass is 10.1. The van der Waals surface area contributed by atoms with Crippen molar-refractivity contribution >= 4 is 5.91 Å². The predicted molar refractivity (Wildman–Crippen MR) is 70.2 cm³/mol. The number of aromatic nitrogens is 2. The molecule has 1 atom stereocenters. The first-order chi connectivity index (χ1) is 9.58.